The van der Waals surface area contributed by atoms with Gasteiger partial charge in [0.15, 0.2) is 0 Å². The highest BCUT2D eigenvalue weighted by atomic mass is 16.6. The fraction of sp³-hybridized carbons (Fsp3) is 0.267. The molecule has 0 radical (unpaired) electrons. The number of carbonyl (C=O) groups is 1. The summed E-state index contributed by atoms with van der Waals surface area (Å²) in [6.07, 6.45) is 1.76. The molecule has 1 aromatic carbocycles. The van der Waals surface area contributed by atoms with Crippen LogP contribution in [0.2, 0.25) is 0 Å². The van der Waals surface area contributed by atoms with Crippen molar-refractivity contribution in [3.8, 4) is 5.75 Å². The Kier molecular flexibility index (Phi) is 5.82. The van der Waals surface area contributed by atoms with Crippen LogP contribution in [0.25, 0.3) is 6.08 Å². The zero-order chi connectivity index (χ0) is 14.3. The lowest BCUT2D eigenvalue weighted by atomic mass is 10.2. The smallest absolute Gasteiger partial charge is 0.333 e. The molecule has 4 heteroatoms. The average Bonchev–Trinajstić information content (AvgIpc) is 3.21. The van der Waals surface area contributed by atoms with Gasteiger partial charge in [0.1, 0.15) is 18.5 Å². The van der Waals surface area contributed by atoms with Crippen molar-refractivity contribution in [1.82, 2.24) is 0 Å². The first kappa shape index (κ1) is 15.0. The van der Waals surface area contributed by atoms with Crippen LogP contribution in [-0.4, -0.2) is 30.4 Å². The van der Waals surface area contributed by atoms with Gasteiger partial charge in [-0.3, -0.25) is 0 Å². The van der Waals surface area contributed by atoms with Crippen molar-refractivity contribution in [1.29, 1.82) is 0 Å². The Morgan fingerprint density at radius 1 is 1.58 bits per heavy atom. The number of esters is 1. The molecule has 2 rings (SSSR count). The highest BCUT2D eigenvalue weighted by Gasteiger charge is 2.24. The van der Waals surface area contributed by atoms with E-state index in [-0.39, 0.29) is 17.8 Å². The van der Waals surface area contributed by atoms with Crippen molar-refractivity contribution in [2.75, 3.05) is 13.2 Å². The summed E-state index contributed by atoms with van der Waals surface area (Å²) < 4.78 is 9.60. The van der Waals surface area contributed by atoms with E-state index in [0.717, 1.165) is 5.56 Å². The molecule has 4 nitrogen and oxygen atoms in total. The lowest BCUT2D eigenvalue weighted by molar-refractivity contribution is -0.139. The predicted octanol–water partition coefficient (Wildman–Crippen LogP) is 2.54. The third kappa shape index (κ3) is 5.88. The maximum Gasteiger partial charge on any atom is 0.333 e. The molecule has 1 N–H and O–H groups in total. The SMILES string of the molecule is C=C(C)C(=O)OCC1CO1.C=Cc1ccccc1O. The van der Waals surface area contributed by atoms with Gasteiger partial charge in [0, 0.05) is 11.1 Å². The van der Waals surface area contributed by atoms with E-state index in [9.17, 15) is 4.79 Å². The van der Waals surface area contributed by atoms with Crippen LogP contribution in [0.4, 0.5) is 0 Å². The molecule has 1 saturated heterocycles. The molecule has 0 bridgehead atoms. The normalized spacial score (nSPS) is 15.7. The molecule has 19 heavy (non-hydrogen) atoms. The van der Waals surface area contributed by atoms with Crippen molar-refractivity contribution in [3.63, 3.8) is 0 Å². The van der Waals surface area contributed by atoms with Crippen LogP contribution in [0.15, 0.2) is 43.0 Å². The number of aromatic hydroxyl groups is 1. The largest absolute Gasteiger partial charge is 0.507 e. The molecule has 1 atom stereocenters. The van der Waals surface area contributed by atoms with Gasteiger partial charge >= 0.3 is 5.97 Å². The highest BCUT2D eigenvalue weighted by molar-refractivity contribution is 5.86. The summed E-state index contributed by atoms with van der Waals surface area (Å²) in [4.78, 5) is 10.7. The zero-order valence-corrected chi connectivity index (χ0v) is 11.0. The Labute approximate surface area is 113 Å². The number of hydrogen-bond donors (Lipinski definition) is 1. The molecule has 1 fully saturated rings. The highest BCUT2D eigenvalue weighted by Crippen LogP contribution is 2.15. The van der Waals surface area contributed by atoms with Crippen LogP contribution in [0.5, 0.6) is 5.75 Å². The van der Waals surface area contributed by atoms with E-state index in [1.807, 2.05) is 12.1 Å². The Morgan fingerprint density at radius 3 is 2.63 bits per heavy atom. The summed E-state index contributed by atoms with van der Waals surface area (Å²) in [7, 11) is 0. The average molecular weight is 262 g/mol. The van der Waals surface area contributed by atoms with Crippen LogP contribution in [-0.2, 0) is 14.3 Å². The third-order valence-corrected chi connectivity index (χ3v) is 2.31. The monoisotopic (exact) mass is 262 g/mol. The second kappa shape index (κ2) is 7.38. The minimum absolute atomic E-state index is 0.142. The summed E-state index contributed by atoms with van der Waals surface area (Å²) in [5.74, 6) is -0.0528. The van der Waals surface area contributed by atoms with E-state index in [1.54, 1.807) is 25.1 Å². The first-order valence-corrected chi connectivity index (χ1v) is 5.89. The Hall–Kier alpha value is -2.07. The molecule has 102 valence electrons. The number of phenolic OH excluding ortho intramolecular Hbond substituents is 1. The van der Waals surface area contributed by atoms with Crippen molar-refractivity contribution in [2.24, 2.45) is 0 Å². The molecule has 1 aliphatic heterocycles. The number of benzene rings is 1. The van der Waals surface area contributed by atoms with Crippen LogP contribution >= 0.6 is 0 Å². The second-order valence-corrected chi connectivity index (χ2v) is 4.10. The first-order chi connectivity index (χ1) is 9.04. The summed E-state index contributed by atoms with van der Waals surface area (Å²) in [6.45, 7) is 9.67. The number of hydrogen-bond acceptors (Lipinski definition) is 4. The second-order valence-electron chi connectivity index (χ2n) is 4.10. The van der Waals surface area contributed by atoms with Gasteiger partial charge < -0.3 is 14.6 Å². The van der Waals surface area contributed by atoms with Crippen LogP contribution in [0.3, 0.4) is 0 Å². The summed E-state index contributed by atoms with van der Waals surface area (Å²) in [5.41, 5.74) is 1.21. The minimum Gasteiger partial charge on any atom is -0.507 e. The molecule has 0 spiro atoms. The predicted molar refractivity (Wildman–Crippen MR) is 73.7 cm³/mol. The fourth-order valence-electron chi connectivity index (χ4n) is 1.12. The molecule has 0 amide bonds. The first-order valence-electron chi connectivity index (χ1n) is 5.89. The Balaban J connectivity index is 0.000000191. The van der Waals surface area contributed by atoms with Crippen molar-refractivity contribution in [2.45, 2.75) is 13.0 Å². The summed E-state index contributed by atoms with van der Waals surface area (Å²) in [5, 5.41) is 9.04. The number of carbonyl (C=O) groups excluding carboxylic acids is 1. The number of ether oxygens (including phenoxy) is 2. The fourth-order valence-corrected chi connectivity index (χ4v) is 1.12. The maximum atomic E-state index is 10.7. The van der Waals surface area contributed by atoms with Gasteiger partial charge in [-0.2, -0.15) is 0 Å². The van der Waals surface area contributed by atoms with E-state index in [1.165, 1.54) is 0 Å². The lowest BCUT2D eigenvalue weighted by Crippen LogP contribution is -2.09. The molecule has 1 aromatic rings. The topological polar surface area (TPSA) is 59.1 Å². The van der Waals surface area contributed by atoms with E-state index in [2.05, 4.69) is 13.2 Å². The number of para-hydroxylation sites is 1. The quantitative estimate of drug-likeness (QED) is 0.514. The van der Waals surface area contributed by atoms with E-state index in [0.29, 0.717) is 18.8 Å². The van der Waals surface area contributed by atoms with Gasteiger partial charge in [-0.25, -0.2) is 4.79 Å². The van der Waals surface area contributed by atoms with Crippen LogP contribution < -0.4 is 0 Å². The molecule has 1 unspecified atom stereocenters. The molecule has 1 aliphatic rings. The summed E-state index contributed by atoms with van der Waals surface area (Å²) >= 11 is 0. The number of epoxide rings is 1. The number of phenols is 1. The van der Waals surface area contributed by atoms with E-state index >= 15 is 0 Å². The van der Waals surface area contributed by atoms with Crippen LogP contribution in [0.1, 0.15) is 12.5 Å². The third-order valence-electron chi connectivity index (χ3n) is 2.31. The van der Waals surface area contributed by atoms with Gasteiger partial charge in [0.25, 0.3) is 0 Å². The molecule has 0 aromatic heterocycles. The molecule has 0 saturated carbocycles. The van der Waals surface area contributed by atoms with Crippen LogP contribution in [0, 0.1) is 0 Å². The van der Waals surface area contributed by atoms with Gasteiger partial charge in [-0.15, -0.1) is 0 Å². The minimum atomic E-state index is -0.337. The lowest BCUT2D eigenvalue weighted by Gasteiger charge is -1.99. The van der Waals surface area contributed by atoms with Gasteiger partial charge in [-0.1, -0.05) is 37.4 Å². The Morgan fingerprint density at radius 2 is 2.21 bits per heavy atom. The molecule has 0 aliphatic carbocycles. The van der Waals surface area contributed by atoms with Gasteiger partial charge in [0.2, 0.25) is 0 Å². The molecular weight excluding hydrogens is 244 g/mol. The van der Waals surface area contributed by atoms with E-state index in [4.69, 9.17) is 14.6 Å². The molecule has 1 heterocycles. The summed E-state index contributed by atoms with van der Waals surface area (Å²) in [6, 6.07) is 7.08. The van der Waals surface area contributed by atoms with Crippen molar-refractivity contribution in [3.05, 3.63) is 48.6 Å². The van der Waals surface area contributed by atoms with Crippen molar-refractivity contribution >= 4 is 12.0 Å². The molecular formula is C15H18O4. The number of rotatable bonds is 4. The van der Waals surface area contributed by atoms with E-state index < -0.39 is 0 Å². The zero-order valence-electron chi connectivity index (χ0n) is 11.0. The van der Waals surface area contributed by atoms with Gasteiger partial charge in [0.05, 0.1) is 6.61 Å². The standard InChI is InChI=1S/C8H8O.C7H10O3/c1-2-7-5-3-4-6-8(7)9;1-5(2)7(8)10-4-6-3-9-6/h2-6,9H,1H2;6H,1,3-4H2,2H3. The maximum absolute atomic E-state index is 10.7. The Bertz CT molecular complexity index is 461. The van der Waals surface area contributed by atoms with Gasteiger partial charge in [-0.05, 0) is 13.0 Å². The van der Waals surface area contributed by atoms with Crippen molar-refractivity contribution < 1.29 is 19.4 Å².